The smallest absolute Gasteiger partial charge is 0.168 e. The van der Waals surface area contributed by atoms with Crippen LogP contribution in [0, 0.1) is 5.82 Å². The van der Waals surface area contributed by atoms with Gasteiger partial charge in [-0.3, -0.25) is 0 Å². The predicted molar refractivity (Wildman–Crippen MR) is 59.3 cm³/mol. The average molecular weight is 261 g/mol. The van der Waals surface area contributed by atoms with Crippen molar-refractivity contribution in [1.82, 2.24) is 0 Å². The SMILES string of the molecule is CCCCc1cc(F)c(OC)c(Br)c1. The molecular weight excluding hydrogens is 247 g/mol. The van der Waals surface area contributed by atoms with E-state index in [0.29, 0.717) is 4.47 Å². The molecule has 1 nitrogen and oxygen atoms in total. The van der Waals surface area contributed by atoms with Crippen LogP contribution in [-0.4, -0.2) is 7.11 Å². The molecular formula is C11H14BrFO. The van der Waals surface area contributed by atoms with Crippen molar-refractivity contribution in [2.45, 2.75) is 26.2 Å². The second kappa shape index (κ2) is 5.35. The van der Waals surface area contributed by atoms with Gasteiger partial charge < -0.3 is 4.74 Å². The number of unbranched alkanes of at least 4 members (excludes halogenated alkanes) is 1. The van der Waals surface area contributed by atoms with Crippen LogP contribution in [0.15, 0.2) is 16.6 Å². The Morgan fingerprint density at radius 2 is 2.14 bits per heavy atom. The predicted octanol–water partition coefficient (Wildman–Crippen LogP) is 3.94. The van der Waals surface area contributed by atoms with E-state index in [1.54, 1.807) is 6.07 Å². The van der Waals surface area contributed by atoms with E-state index < -0.39 is 0 Å². The Bertz CT molecular complexity index is 289. The molecule has 0 radical (unpaired) electrons. The van der Waals surface area contributed by atoms with E-state index in [1.807, 2.05) is 6.07 Å². The van der Waals surface area contributed by atoms with Crippen molar-refractivity contribution >= 4 is 15.9 Å². The van der Waals surface area contributed by atoms with Gasteiger partial charge in [0.05, 0.1) is 11.6 Å². The van der Waals surface area contributed by atoms with E-state index in [9.17, 15) is 4.39 Å². The summed E-state index contributed by atoms with van der Waals surface area (Å²) in [4.78, 5) is 0. The fourth-order valence-corrected chi connectivity index (χ4v) is 1.98. The highest BCUT2D eigenvalue weighted by Crippen LogP contribution is 2.29. The molecule has 1 rings (SSSR count). The van der Waals surface area contributed by atoms with Gasteiger partial charge in [0.2, 0.25) is 0 Å². The van der Waals surface area contributed by atoms with Crippen LogP contribution in [0.3, 0.4) is 0 Å². The molecule has 0 unspecified atom stereocenters. The minimum atomic E-state index is -0.298. The fourth-order valence-electron chi connectivity index (χ4n) is 1.33. The van der Waals surface area contributed by atoms with Crippen LogP contribution < -0.4 is 4.74 Å². The monoisotopic (exact) mass is 260 g/mol. The molecule has 0 aliphatic heterocycles. The van der Waals surface area contributed by atoms with Crippen molar-refractivity contribution in [1.29, 1.82) is 0 Å². The van der Waals surface area contributed by atoms with Gasteiger partial charge in [0.15, 0.2) is 11.6 Å². The highest BCUT2D eigenvalue weighted by Gasteiger charge is 2.08. The Labute approximate surface area is 92.4 Å². The summed E-state index contributed by atoms with van der Waals surface area (Å²) >= 11 is 3.29. The zero-order valence-electron chi connectivity index (χ0n) is 8.44. The number of ether oxygens (including phenoxy) is 1. The molecule has 0 atom stereocenters. The summed E-state index contributed by atoms with van der Waals surface area (Å²) in [5.41, 5.74) is 1.01. The lowest BCUT2D eigenvalue weighted by molar-refractivity contribution is 0.383. The van der Waals surface area contributed by atoms with Crippen LogP contribution in [-0.2, 0) is 6.42 Å². The lowest BCUT2D eigenvalue weighted by Gasteiger charge is -2.07. The molecule has 0 aliphatic rings. The van der Waals surface area contributed by atoms with E-state index >= 15 is 0 Å². The first-order valence-electron chi connectivity index (χ1n) is 4.71. The van der Waals surface area contributed by atoms with Crippen molar-refractivity contribution in [2.24, 2.45) is 0 Å². The van der Waals surface area contributed by atoms with Crippen molar-refractivity contribution in [3.63, 3.8) is 0 Å². The second-order valence-corrected chi connectivity index (χ2v) is 4.05. The van der Waals surface area contributed by atoms with Crippen molar-refractivity contribution < 1.29 is 9.13 Å². The normalized spacial score (nSPS) is 10.3. The molecule has 1 aromatic carbocycles. The number of hydrogen-bond acceptors (Lipinski definition) is 1. The lowest BCUT2D eigenvalue weighted by Crippen LogP contribution is -1.93. The van der Waals surface area contributed by atoms with Crippen LogP contribution >= 0.6 is 15.9 Å². The number of benzene rings is 1. The van der Waals surface area contributed by atoms with Gasteiger partial charge in [-0.2, -0.15) is 0 Å². The van der Waals surface area contributed by atoms with Crippen LogP contribution in [0.2, 0.25) is 0 Å². The number of rotatable bonds is 4. The van der Waals surface area contributed by atoms with Gasteiger partial charge in [-0.1, -0.05) is 13.3 Å². The van der Waals surface area contributed by atoms with Crippen LogP contribution in [0.5, 0.6) is 5.75 Å². The van der Waals surface area contributed by atoms with E-state index in [1.165, 1.54) is 7.11 Å². The summed E-state index contributed by atoms with van der Waals surface area (Å²) < 4.78 is 19.0. The first-order valence-corrected chi connectivity index (χ1v) is 5.50. The molecule has 0 saturated carbocycles. The Hall–Kier alpha value is -0.570. The largest absolute Gasteiger partial charge is 0.492 e. The topological polar surface area (TPSA) is 9.23 Å². The summed E-state index contributed by atoms with van der Waals surface area (Å²) in [7, 11) is 1.47. The minimum absolute atomic E-state index is 0.283. The molecule has 0 aliphatic carbocycles. The van der Waals surface area contributed by atoms with Gasteiger partial charge in [-0.25, -0.2) is 4.39 Å². The molecule has 0 spiro atoms. The summed E-state index contributed by atoms with van der Waals surface area (Å²) in [6, 6.07) is 3.46. The highest BCUT2D eigenvalue weighted by atomic mass is 79.9. The summed E-state index contributed by atoms with van der Waals surface area (Å²) in [6.07, 6.45) is 3.11. The van der Waals surface area contributed by atoms with E-state index in [4.69, 9.17) is 4.74 Å². The van der Waals surface area contributed by atoms with Gasteiger partial charge in [-0.05, 0) is 46.5 Å². The molecule has 3 heteroatoms. The number of aryl methyl sites for hydroxylation is 1. The van der Waals surface area contributed by atoms with Crippen molar-refractivity contribution in [2.75, 3.05) is 7.11 Å². The Morgan fingerprint density at radius 1 is 1.43 bits per heavy atom. The van der Waals surface area contributed by atoms with Gasteiger partial charge in [0, 0.05) is 0 Å². The van der Waals surface area contributed by atoms with Gasteiger partial charge in [-0.15, -0.1) is 0 Å². The maximum Gasteiger partial charge on any atom is 0.168 e. The number of methoxy groups -OCH3 is 1. The van der Waals surface area contributed by atoms with E-state index in [2.05, 4.69) is 22.9 Å². The van der Waals surface area contributed by atoms with Gasteiger partial charge in [0.25, 0.3) is 0 Å². The second-order valence-electron chi connectivity index (χ2n) is 3.20. The zero-order valence-corrected chi connectivity index (χ0v) is 10.0. The maximum atomic E-state index is 13.4. The third-order valence-electron chi connectivity index (χ3n) is 2.08. The maximum absolute atomic E-state index is 13.4. The Morgan fingerprint density at radius 3 is 2.64 bits per heavy atom. The summed E-state index contributed by atoms with van der Waals surface area (Å²) in [5, 5.41) is 0. The molecule has 0 heterocycles. The van der Waals surface area contributed by atoms with Crippen molar-refractivity contribution in [3.8, 4) is 5.75 Å². The molecule has 78 valence electrons. The van der Waals surface area contributed by atoms with Crippen molar-refractivity contribution in [3.05, 3.63) is 28.0 Å². The fraction of sp³-hybridized carbons (Fsp3) is 0.455. The van der Waals surface area contributed by atoms with Crippen LogP contribution in [0.25, 0.3) is 0 Å². The van der Waals surface area contributed by atoms with E-state index in [-0.39, 0.29) is 11.6 Å². The molecule has 1 aromatic rings. The summed E-state index contributed by atoms with van der Waals surface area (Å²) in [5.74, 6) is -0.0155. The zero-order chi connectivity index (χ0) is 10.6. The first-order chi connectivity index (χ1) is 6.69. The Balaban J connectivity index is 2.90. The Kier molecular flexibility index (Phi) is 4.39. The lowest BCUT2D eigenvalue weighted by atomic mass is 10.1. The number of hydrogen-bond donors (Lipinski definition) is 0. The average Bonchev–Trinajstić information content (AvgIpc) is 2.14. The third kappa shape index (κ3) is 2.71. The van der Waals surface area contributed by atoms with Gasteiger partial charge >= 0.3 is 0 Å². The molecule has 14 heavy (non-hydrogen) atoms. The standard InChI is InChI=1S/C11H14BrFO/c1-3-4-5-8-6-9(12)11(14-2)10(13)7-8/h6-7H,3-5H2,1-2H3. The minimum Gasteiger partial charge on any atom is -0.492 e. The quantitative estimate of drug-likeness (QED) is 0.797. The molecule has 0 saturated heterocycles. The highest BCUT2D eigenvalue weighted by molar-refractivity contribution is 9.10. The first kappa shape index (κ1) is 11.5. The molecule has 0 N–H and O–H groups in total. The summed E-state index contributed by atoms with van der Waals surface area (Å²) in [6.45, 7) is 2.12. The van der Waals surface area contributed by atoms with E-state index in [0.717, 1.165) is 24.8 Å². The molecule has 0 bridgehead atoms. The van der Waals surface area contributed by atoms with Gasteiger partial charge in [0.1, 0.15) is 0 Å². The van der Waals surface area contributed by atoms with Crippen LogP contribution in [0.1, 0.15) is 25.3 Å². The number of halogens is 2. The molecule has 0 amide bonds. The molecule has 0 aromatic heterocycles. The third-order valence-corrected chi connectivity index (χ3v) is 2.67. The molecule has 0 fully saturated rings. The van der Waals surface area contributed by atoms with Crippen LogP contribution in [0.4, 0.5) is 4.39 Å².